The van der Waals surface area contributed by atoms with Crippen LogP contribution >= 0.6 is 0 Å². The minimum absolute atomic E-state index is 0.454. The van der Waals surface area contributed by atoms with Crippen LogP contribution in [0.2, 0.25) is 0 Å². The van der Waals surface area contributed by atoms with Gasteiger partial charge in [-0.1, -0.05) is 41.0 Å². The van der Waals surface area contributed by atoms with Crippen molar-refractivity contribution in [1.29, 1.82) is 0 Å². The summed E-state index contributed by atoms with van der Waals surface area (Å²) in [6, 6.07) is 0. The summed E-state index contributed by atoms with van der Waals surface area (Å²) in [6.45, 7) is 11.3. The fourth-order valence-electron chi connectivity index (χ4n) is 0.707. The van der Waals surface area contributed by atoms with Crippen LogP contribution in [0.5, 0.6) is 0 Å². The monoisotopic (exact) mass is 127 g/mol. The van der Waals surface area contributed by atoms with Gasteiger partial charge in [-0.05, 0) is 17.8 Å². The van der Waals surface area contributed by atoms with Gasteiger partial charge in [-0.3, -0.25) is 0 Å². The van der Waals surface area contributed by atoms with E-state index < -0.39 is 0 Å². The van der Waals surface area contributed by atoms with Gasteiger partial charge in [0.05, 0.1) is 0 Å². The van der Waals surface area contributed by atoms with E-state index >= 15 is 0 Å². The molecule has 0 fully saturated rings. The molecule has 55 valence electrons. The van der Waals surface area contributed by atoms with Gasteiger partial charge in [0.1, 0.15) is 0 Å². The highest BCUT2D eigenvalue weighted by molar-refractivity contribution is 4.80. The molecule has 0 N–H and O–H groups in total. The average Bonchev–Trinajstić information content (AvgIpc) is 1.64. The Labute approximate surface area is 59.7 Å². The molecule has 0 heterocycles. The summed E-state index contributed by atoms with van der Waals surface area (Å²) in [6.07, 6.45) is 3.57. The molecule has 0 rings (SSSR count). The van der Waals surface area contributed by atoms with E-state index in [2.05, 4.69) is 41.0 Å². The Morgan fingerprint density at radius 1 is 1.33 bits per heavy atom. The predicted octanol–water partition coefficient (Wildman–Crippen LogP) is 3.28. The Morgan fingerprint density at radius 3 is 1.89 bits per heavy atom. The third kappa shape index (κ3) is 3.56. The van der Waals surface area contributed by atoms with Crippen LogP contribution in [0, 0.1) is 17.8 Å². The maximum atomic E-state index is 2.38. The van der Waals surface area contributed by atoms with Crippen LogP contribution in [0.3, 0.4) is 0 Å². The van der Waals surface area contributed by atoms with Gasteiger partial charge in [0, 0.05) is 0 Å². The molecule has 0 saturated heterocycles. The lowest BCUT2D eigenvalue weighted by molar-refractivity contribution is 0.292. The molecule has 0 heteroatoms. The molecule has 0 amide bonds. The van der Waals surface area contributed by atoms with Crippen LogP contribution in [0.25, 0.3) is 0 Å². The molecule has 0 aliphatic heterocycles. The molecule has 9 heavy (non-hydrogen) atoms. The third-order valence-corrected chi connectivity index (χ3v) is 1.96. The fraction of sp³-hybridized carbons (Fsp3) is 0.889. The van der Waals surface area contributed by atoms with Crippen molar-refractivity contribution in [3.63, 3.8) is 0 Å². The first-order valence-electron chi connectivity index (χ1n) is 3.81. The molecule has 0 saturated carbocycles. The molecule has 0 nitrogen and oxygen atoms in total. The van der Waals surface area contributed by atoms with Gasteiger partial charge in [0.15, 0.2) is 0 Å². The van der Waals surface area contributed by atoms with E-state index in [1.54, 1.807) is 0 Å². The maximum absolute atomic E-state index is 2.38. The maximum Gasteiger partial charge on any atom is -0.0354 e. The Bertz CT molecular complexity index is 66.6. The van der Waals surface area contributed by atoms with Crippen LogP contribution < -0.4 is 0 Å². The van der Waals surface area contributed by atoms with E-state index in [-0.39, 0.29) is 0 Å². The van der Waals surface area contributed by atoms with Crippen molar-refractivity contribution in [2.24, 2.45) is 11.3 Å². The van der Waals surface area contributed by atoms with Gasteiger partial charge in [-0.2, -0.15) is 0 Å². The molecule has 1 unspecified atom stereocenters. The second kappa shape index (κ2) is 3.24. The highest BCUT2D eigenvalue weighted by Crippen LogP contribution is 2.27. The normalized spacial score (nSPS) is 15.7. The van der Waals surface area contributed by atoms with Gasteiger partial charge in [0.25, 0.3) is 0 Å². The highest BCUT2D eigenvalue weighted by Gasteiger charge is 2.18. The van der Waals surface area contributed by atoms with Gasteiger partial charge >= 0.3 is 0 Å². The summed E-state index contributed by atoms with van der Waals surface area (Å²) in [5.74, 6) is 0.738. The molecule has 0 aromatic carbocycles. The van der Waals surface area contributed by atoms with Crippen LogP contribution in [0.15, 0.2) is 0 Å². The van der Waals surface area contributed by atoms with E-state index in [4.69, 9.17) is 0 Å². The molecule has 0 aliphatic carbocycles. The number of rotatable bonds is 2. The Hall–Kier alpha value is 0. The molecule has 1 atom stereocenters. The first-order chi connectivity index (χ1) is 3.98. The molecule has 0 bridgehead atoms. The Balaban J connectivity index is 3.59. The molecule has 0 spiro atoms. The standard InChI is InChI=1S/C9H19/c1-6-7-8(2)9(3,4)5/h7-8H,6H2,1-5H3. The smallest absolute Gasteiger partial charge is 0.0354 e. The first kappa shape index (κ1) is 9.00. The van der Waals surface area contributed by atoms with E-state index in [0.717, 1.165) is 5.92 Å². The van der Waals surface area contributed by atoms with Crippen molar-refractivity contribution in [2.45, 2.75) is 41.0 Å². The van der Waals surface area contributed by atoms with Crippen molar-refractivity contribution in [3.8, 4) is 0 Å². The summed E-state index contributed by atoms with van der Waals surface area (Å²) in [4.78, 5) is 0. The van der Waals surface area contributed by atoms with Crippen molar-refractivity contribution in [2.75, 3.05) is 0 Å². The van der Waals surface area contributed by atoms with E-state index in [9.17, 15) is 0 Å². The zero-order valence-electron chi connectivity index (χ0n) is 7.36. The van der Waals surface area contributed by atoms with Crippen LogP contribution in [-0.4, -0.2) is 0 Å². The Morgan fingerprint density at radius 2 is 1.78 bits per heavy atom. The lowest BCUT2D eigenvalue weighted by atomic mass is 9.80. The zero-order chi connectivity index (χ0) is 7.49. The molecule has 1 radical (unpaired) electrons. The summed E-state index contributed by atoms with van der Waals surface area (Å²) < 4.78 is 0. The van der Waals surface area contributed by atoms with Crippen LogP contribution in [0.4, 0.5) is 0 Å². The summed E-state index contributed by atoms with van der Waals surface area (Å²) >= 11 is 0. The average molecular weight is 127 g/mol. The summed E-state index contributed by atoms with van der Waals surface area (Å²) in [5, 5.41) is 0. The number of hydrogen-bond donors (Lipinski definition) is 0. The van der Waals surface area contributed by atoms with E-state index in [1.165, 1.54) is 6.42 Å². The lowest BCUT2D eigenvalue weighted by Gasteiger charge is -2.26. The van der Waals surface area contributed by atoms with Crippen molar-refractivity contribution < 1.29 is 0 Å². The largest absolute Gasteiger partial charge is 0.0651 e. The minimum atomic E-state index is 0.454. The third-order valence-electron chi connectivity index (χ3n) is 1.96. The highest BCUT2D eigenvalue weighted by atomic mass is 14.2. The summed E-state index contributed by atoms with van der Waals surface area (Å²) in [7, 11) is 0. The molecular weight excluding hydrogens is 108 g/mol. The predicted molar refractivity (Wildman–Crippen MR) is 43.2 cm³/mol. The second-order valence-electron chi connectivity index (χ2n) is 3.80. The van der Waals surface area contributed by atoms with Gasteiger partial charge in [-0.15, -0.1) is 0 Å². The van der Waals surface area contributed by atoms with Crippen LogP contribution in [0.1, 0.15) is 41.0 Å². The summed E-state index contributed by atoms with van der Waals surface area (Å²) in [5.41, 5.74) is 0.454. The second-order valence-corrected chi connectivity index (χ2v) is 3.80. The van der Waals surface area contributed by atoms with E-state index in [0.29, 0.717) is 5.41 Å². The fourth-order valence-corrected chi connectivity index (χ4v) is 0.707. The number of hydrogen-bond acceptors (Lipinski definition) is 0. The van der Waals surface area contributed by atoms with Gasteiger partial charge in [0.2, 0.25) is 0 Å². The molecular formula is C9H19. The quantitative estimate of drug-likeness (QED) is 0.534. The molecule has 0 aromatic heterocycles. The Kier molecular flexibility index (Phi) is 3.24. The molecule has 0 aromatic rings. The zero-order valence-corrected chi connectivity index (χ0v) is 7.36. The lowest BCUT2D eigenvalue weighted by Crippen LogP contribution is -2.17. The van der Waals surface area contributed by atoms with Crippen molar-refractivity contribution in [1.82, 2.24) is 0 Å². The first-order valence-corrected chi connectivity index (χ1v) is 3.81. The van der Waals surface area contributed by atoms with Crippen molar-refractivity contribution in [3.05, 3.63) is 6.42 Å². The SMILES string of the molecule is CC[CH]C(C)C(C)(C)C. The van der Waals surface area contributed by atoms with Gasteiger partial charge < -0.3 is 0 Å². The molecule has 0 aliphatic rings. The van der Waals surface area contributed by atoms with E-state index in [1.807, 2.05) is 0 Å². The van der Waals surface area contributed by atoms with Crippen LogP contribution in [-0.2, 0) is 0 Å². The van der Waals surface area contributed by atoms with Crippen molar-refractivity contribution >= 4 is 0 Å². The van der Waals surface area contributed by atoms with Gasteiger partial charge in [-0.25, -0.2) is 0 Å². The topological polar surface area (TPSA) is 0 Å². The minimum Gasteiger partial charge on any atom is -0.0651 e.